The van der Waals surface area contributed by atoms with Gasteiger partial charge in [-0.25, -0.2) is 4.79 Å². The lowest BCUT2D eigenvalue weighted by molar-refractivity contribution is -0.237. The molecule has 2 aromatic carbocycles. The van der Waals surface area contributed by atoms with Gasteiger partial charge in [-0.2, -0.15) is 0 Å². The summed E-state index contributed by atoms with van der Waals surface area (Å²) in [6.07, 6.45) is 1.79. The van der Waals surface area contributed by atoms with Gasteiger partial charge in [0, 0.05) is 16.2 Å². The van der Waals surface area contributed by atoms with Gasteiger partial charge in [-0.15, -0.1) is 0 Å². The number of aryl methyl sites for hydroxylation is 2. The number of carboxylic acids is 1. The Balaban J connectivity index is 1.68. The summed E-state index contributed by atoms with van der Waals surface area (Å²) in [5, 5.41) is 10.2. The Bertz CT molecular complexity index is 1250. The zero-order chi connectivity index (χ0) is 26.3. The first kappa shape index (κ1) is 26.2. The topological polar surface area (TPSA) is 78.1 Å². The number of benzene rings is 2. The van der Waals surface area contributed by atoms with Gasteiger partial charge in [0.05, 0.1) is 13.2 Å². The van der Waals surface area contributed by atoms with E-state index in [-0.39, 0.29) is 16.6 Å². The molecule has 194 valence electrons. The Hall–Kier alpha value is -2.83. The van der Waals surface area contributed by atoms with Crippen LogP contribution in [0.1, 0.15) is 80.3 Å². The maximum atomic E-state index is 11.5. The van der Waals surface area contributed by atoms with Gasteiger partial charge in [-0.3, -0.25) is 0 Å². The SMILES string of the molecule is CCC(CC)(c1ccc(OCC2(C(C)(C)C)OCCO2)c(C)c1)c1cc(C)c2oc(C(=O)O)cc2c1. The minimum absolute atomic E-state index is 0.0376. The highest BCUT2D eigenvalue weighted by Crippen LogP contribution is 2.43. The third-order valence-electron chi connectivity index (χ3n) is 7.81. The normalized spacial score (nSPS) is 16.0. The Morgan fingerprint density at radius 1 is 0.972 bits per heavy atom. The number of carbonyl (C=O) groups is 1. The summed E-state index contributed by atoms with van der Waals surface area (Å²) in [7, 11) is 0. The second-order valence-corrected chi connectivity index (χ2v) is 10.9. The molecule has 0 unspecified atom stereocenters. The average molecular weight is 495 g/mol. The van der Waals surface area contributed by atoms with E-state index in [0.717, 1.165) is 40.7 Å². The standard InChI is InChI=1S/C30H38O6/c1-8-29(9-2,23-15-20(4)26-21(16-23)17-25(36-26)27(31)32)22-10-11-24(19(3)14-22)33-18-30(28(5,6)7)34-12-13-35-30/h10-11,14-17H,8-9,12-13,18H2,1-7H3,(H,31,32). The summed E-state index contributed by atoms with van der Waals surface area (Å²) < 4.78 is 23.9. The predicted molar refractivity (Wildman–Crippen MR) is 140 cm³/mol. The molecule has 2 heterocycles. The average Bonchev–Trinajstić information content (AvgIpc) is 3.48. The monoisotopic (exact) mass is 494 g/mol. The Morgan fingerprint density at radius 3 is 2.17 bits per heavy atom. The number of hydrogen-bond acceptors (Lipinski definition) is 5. The predicted octanol–water partition coefficient (Wildman–Crippen LogP) is 7.02. The van der Waals surface area contributed by atoms with Crippen LogP contribution in [0.5, 0.6) is 5.75 Å². The van der Waals surface area contributed by atoms with Crippen LogP contribution < -0.4 is 4.74 Å². The molecule has 36 heavy (non-hydrogen) atoms. The third kappa shape index (κ3) is 4.41. The van der Waals surface area contributed by atoms with Crippen LogP contribution in [-0.2, 0) is 14.9 Å². The Morgan fingerprint density at radius 2 is 1.61 bits per heavy atom. The van der Waals surface area contributed by atoms with Crippen molar-refractivity contribution in [2.75, 3.05) is 19.8 Å². The van der Waals surface area contributed by atoms with Crippen LogP contribution in [0.2, 0.25) is 0 Å². The molecule has 1 aliphatic heterocycles. The van der Waals surface area contributed by atoms with Gasteiger partial charge < -0.3 is 23.7 Å². The van der Waals surface area contributed by atoms with Gasteiger partial charge >= 0.3 is 5.97 Å². The van der Waals surface area contributed by atoms with Gasteiger partial charge in [-0.05, 0) is 67.1 Å². The highest BCUT2D eigenvalue weighted by atomic mass is 16.8. The summed E-state index contributed by atoms with van der Waals surface area (Å²) in [6, 6.07) is 12.2. The molecule has 0 radical (unpaired) electrons. The van der Waals surface area contributed by atoms with Crippen molar-refractivity contribution in [3.63, 3.8) is 0 Å². The van der Waals surface area contributed by atoms with E-state index in [1.165, 1.54) is 5.56 Å². The summed E-state index contributed by atoms with van der Waals surface area (Å²) in [5.41, 5.74) is 4.52. The van der Waals surface area contributed by atoms with E-state index in [9.17, 15) is 9.90 Å². The molecule has 4 rings (SSSR count). The molecule has 0 spiro atoms. The van der Waals surface area contributed by atoms with Crippen molar-refractivity contribution < 1.29 is 28.5 Å². The van der Waals surface area contributed by atoms with E-state index in [1.807, 2.05) is 13.0 Å². The molecule has 1 N–H and O–H groups in total. The lowest BCUT2D eigenvalue weighted by atomic mass is 9.70. The number of furan rings is 1. The van der Waals surface area contributed by atoms with Gasteiger partial charge in [0.15, 0.2) is 0 Å². The molecule has 6 nitrogen and oxygen atoms in total. The Kier molecular flexibility index (Phi) is 6.97. The summed E-state index contributed by atoms with van der Waals surface area (Å²) in [4.78, 5) is 11.5. The van der Waals surface area contributed by atoms with E-state index >= 15 is 0 Å². The van der Waals surface area contributed by atoms with Crippen molar-refractivity contribution in [1.82, 2.24) is 0 Å². The first-order chi connectivity index (χ1) is 17.0. The molecule has 0 atom stereocenters. The minimum Gasteiger partial charge on any atom is -0.488 e. The number of aromatic carboxylic acids is 1. The zero-order valence-electron chi connectivity index (χ0n) is 22.5. The second-order valence-electron chi connectivity index (χ2n) is 10.9. The zero-order valence-corrected chi connectivity index (χ0v) is 22.5. The molecule has 0 amide bonds. The number of fused-ring (bicyclic) bond motifs is 1. The third-order valence-corrected chi connectivity index (χ3v) is 7.81. The van der Waals surface area contributed by atoms with Gasteiger partial charge in [0.25, 0.3) is 0 Å². The molecule has 1 aliphatic rings. The smallest absolute Gasteiger partial charge is 0.371 e. The van der Waals surface area contributed by atoms with E-state index < -0.39 is 11.8 Å². The molecule has 0 aliphatic carbocycles. The van der Waals surface area contributed by atoms with Gasteiger partial charge in [0.1, 0.15) is 17.9 Å². The first-order valence-corrected chi connectivity index (χ1v) is 12.8. The van der Waals surface area contributed by atoms with Crippen LogP contribution in [0.15, 0.2) is 40.8 Å². The summed E-state index contributed by atoms with van der Waals surface area (Å²) in [6.45, 7) is 16.2. The fourth-order valence-electron chi connectivity index (χ4n) is 5.41. The molecule has 6 heteroatoms. The minimum atomic E-state index is -1.06. The number of rotatable bonds is 8. The maximum absolute atomic E-state index is 11.5. The van der Waals surface area contributed by atoms with Gasteiger partial charge in [0.2, 0.25) is 11.5 Å². The van der Waals surface area contributed by atoms with E-state index in [2.05, 4.69) is 65.8 Å². The van der Waals surface area contributed by atoms with Crippen LogP contribution in [0, 0.1) is 19.3 Å². The van der Waals surface area contributed by atoms with Crippen LogP contribution in [0.4, 0.5) is 0 Å². The highest BCUT2D eigenvalue weighted by molar-refractivity contribution is 5.92. The molecule has 0 saturated carbocycles. The van der Waals surface area contributed by atoms with Crippen molar-refractivity contribution in [1.29, 1.82) is 0 Å². The fraction of sp³-hybridized carbons (Fsp3) is 0.500. The molecule has 3 aromatic rings. The van der Waals surface area contributed by atoms with Crippen LogP contribution in [-0.4, -0.2) is 36.7 Å². The second kappa shape index (κ2) is 9.56. The highest BCUT2D eigenvalue weighted by Gasteiger charge is 2.48. The van der Waals surface area contributed by atoms with Crippen molar-refractivity contribution in [2.24, 2.45) is 5.41 Å². The Labute approximate surface area is 213 Å². The van der Waals surface area contributed by atoms with E-state index in [4.69, 9.17) is 18.6 Å². The molecule has 0 bridgehead atoms. The lowest BCUT2D eigenvalue weighted by Crippen LogP contribution is -2.49. The van der Waals surface area contributed by atoms with Crippen LogP contribution in [0.25, 0.3) is 11.0 Å². The molecule has 1 saturated heterocycles. The quantitative estimate of drug-likeness (QED) is 0.362. The number of carboxylic acid groups (broad SMARTS) is 1. The molecular formula is C30H38O6. The first-order valence-electron chi connectivity index (χ1n) is 12.8. The van der Waals surface area contributed by atoms with Crippen molar-refractivity contribution >= 4 is 16.9 Å². The molecular weight excluding hydrogens is 456 g/mol. The lowest BCUT2D eigenvalue weighted by Gasteiger charge is -2.39. The fourth-order valence-corrected chi connectivity index (χ4v) is 5.41. The summed E-state index contributed by atoms with van der Waals surface area (Å²) in [5.74, 6) is -1.04. The van der Waals surface area contributed by atoms with E-state index in [0.29, 0.717) is 25.4 Å². The van der Waals surface area contributed by atoms with E-state index in [1.54, 1.807) is 6.07 Å². The number of ether oxygens (including phenoxy) is 3. The largest absolute Gasteiger partial charge is 0.488 e. The van der Waals surface area contributed by atoms with Crippen molar-refractivity contribution in [3.05, 3.63) is 64.4 Å². The van der Waals surface area contributed by atoms with Crippen LogP contribution in [0.3, 0.4) is 0 Å². The summed E-state index contributed by atoms with van der Waals surface area (Å²) >= 11 is 0. The molecule has 1 aromatic heterocycles. The molecule has 1 fully saturated rings. The maximum Gasteiger partial charge on any atom is 0.371 e. The van der Waals surface area contributed by atoms with Crippen molar-refractivity contribution in [3.8, 4) is 5.75 Å². The number of hydrogen-bond donors (Lipinski definition) is 1. The van der Waals surface area contributed by atoms with Crippen molar-refractivity contribution in [2.45, 2.75) is 72.5 Å². The van der Waals surface area contributed by atoms with Gasteiger partial charge in [-0.1, -0.05) is 52.8 Å². The van der Waals surface area contributed by atoms with Crippen LogP contribution >= 0.6 is 0 Å².